The summed E-state index contributed by atoms with van der Waals surface area (Å²) in [6.07, 6.45) is 9.46. The van der Waals surface area contributed by atoms with Crippen LogP contribution in [0.25, 0.3) is 0 Å². The second-order valence-electron chi connectivity index (χ2n) is 3.45. The summed E-state index contributed by atoms with van der Waals surface area (Å²) in [5.41, 5.74) is 0. The van der Waals surface area contributed by atoms with Crippen LogP contribution in [0.3, 0.4) is 0 Å². The summed E-state index contributed by atoms with van der Waals surface area (Å²) in [6, 6.07) is -0.147. The van der Waals surface area contributed by atoms with Gasteiger partial charge in [0.15, 0.2) is 0 Å². The smallest absolute Gasteiger partial charge is 0.295 e. The number of carbonyl (C=O) groups excluding carboxylic acids is 1. The molecule has 1 atom stereocenters. The maximum Gasteiger partial charge on any atom is 0.295 e. The molecule has 0 spiro atoms. The van der Waals surface area contributed by atoms with E-state index >= 15 is 0 Å². The summed E-state index contributed by atoms with van der Waals surface area (Å²) in [4.78, 5) is 10.9. The van der Waals surface area contributed by atoms with E-state index < -0.39 is 5.91 Å². The topological polar surface area (TPSA) is 49.3 Å². The summed E-state index contributed by atoms with van der Waals surface area (Å²) < 4.78 is 0. The molecule has 1 unspecified atom stereocenters. The van der Waals surface area contributed by atoms with Crippen molar-refractivity contribution in [2.75, 3.05) is 6.61 Å². The van der Waals surface area contributed by atoms with Crippen LogP contribution in [0.1, 0.15) is 25.7 Å². The zero-order chi connectivity index (χ0) is 9.68. The van der Waals surface area contributed by atoms with Gasteiger partial charge in [-0.15, -0.1) is 6.42 Å². The number of carbonyl (C=O) groups is 1. The average molecular weight is 181 g/mol. The standard InChI is InChI=1S/C10H15NO2/c1-2-10(13)11-9(7-12)8-5-3-4-6-8/h1,8-9,12H,3-7H2,(H,11,13). The Kier molecular flexibility index (Phi) is 3.78. The Morgan fingerprint density at radius 1 is 1.62 bits per heavy atom. The molecule has 3 nitrogen and oxygen atoms in total. The third-order valence-electron chi connectivity index (χ3n) is 2.61. The first-order chi connectivity index (χ1) is 6.27. The van der Waals surface area contributed by atoms with Crippen molar-refractivity contribution in [2.24, 2.45) is 5.92 Å². The molecular formula is C10H15NO2. The van der Waals surface area contributed by atoms with Crippen LogP contribution < -0.4 is 5.32 Å². The molecule has 0 heterocycles. The van der Waals surface area contributed by atoms with Crippen LogP contribution in [0.5, 0.6) is 0 Å². The van der Waals surface area contributed by atoms with E-state index in [9.17, 15) is 4.79 Å². The molecule has 1 fully saturated rings. The van der Waals surface area contributed by atoms with Crippen molar-refractivity contribution in [3.8, 4) is 12.3 Å². The van der Waals surface area contributed by atoms with Crippen molar-refractivity contribution in [3.63, 3.8) is 0 Å². The number of nitrogens with one attached hydrogen (secondary N) is 1. The van der Waals surface area contributed by atoms with E-state index in [1.165, 1.54) is 12.8 Å². The van der Waals surface area contributed by atoms with Crippen molar-refractivity contribution >= 4 is 5.91 Å². The molecule has 1 aliphatic rings. The Bertz CT molecular complexity index is 213. The lowest BCUT2D eigenvalue weighted by atomic mass is 9.99. The Morgan fingerprint density at radius 3 is 2.69 bits per heavy atom. The van der Waals surface area contributed by atoms with Crippen molar-refractivity contribution in [2.45, 2.75) is 31.7 Å². The van der Waals surface area contributed by atoms with Crippen molar-refractivity contribution < 1.29 is 9.90 Å². The van der Waals surface area contributed by atoms with Crippen LogP contribution in [0.15, 0.2) is 0 Å². The van der Waals surface area contributed by atoms with E-state index in [1.807, 2.05) is 5.92 Å². The van der Waals surface area contributed by atoms with Gasteiger partial charge >= 0.3 is 0 Å². The van der Waals surface area contributed by atoms with E-state index in [-0.39, 0.29) is 12.6 Å². The first-order valence-corrected chi connectivity index (χ1v) is 4.66. The highest BCUT2D eigenvalue weighted by atomic mass is 16.3. The maximum atomic E-state index is 10.9. The van der Waals surface area contributed by atoms with Gasteiger partial charge in [0.25, 0.3) is 5.91 Å². The molecule has 0 radical (unpaired) electrons. The number of hydrogen-bond donors (Lipinski definition) is 2. The number of aliphatic hydroxyl groups excluding tert-OH is 1. The van der Waals surface area contributed by atoms with Crippen LogP contribution in [0.4, 0.5) is 0 Å². The predicted octanol–water partition coefficient (Wildman–Crippen LogP) is 0.287. The van der Waals surface area contributed by atoms with Gasteiger partial charge in [0.1, 0.15) is 0 Å². The number of terminal acetylenes is 1. The summed E-state index contributed by atoms with van der Waals surface area (Å²) in [5, 5.41) is 11.7. The van der Waals surface area contributed by atoms with Gasteiger partial charge in [-0.1, -0.05) is 12.8 Å². The van der Waals surface area contributed by atoms with Crippen LogP contribution in [-0.2, 0) is 4.79 Å². The highest BCUT2D eigenvalue weighted by Gasteiger charge is 2.25. The fraction of sp³-hybridized carbons (Fsp3) is 0.700. The summed E-state index contributed by atoms with van der Waals surface area (Å²) >= 11 is 0. The van der Waals surface area contributed by atoms with Crippen LogP contribution in [0, 0.1) is 18.3 Å². The minimum absolute atomic E-state index is 0.0158. The second kappa shape index (κ2) is 4.88. The predicted molar refractivity (Wildman–Crippen MR) is 49.8 cm³/mol. The number of aliphatic hydroxyl groups is 1. The average Bonchev–Trinajstić information content (AvgIpc) is 2.66. The molecule has 1 rings (SSSR count). The van der Waals surface area contributed by atoms with Crippen LogP contribution in [0.2, 0.25) is 0 Å². The highest BCUT2D eigenvalue weighted by molar-refractivity contribution is 5.93. The quantitative estimate of drug-likeness (QED) is 0.615. The third kappa shape index (κ3) is 2.74. The first-order valence-electron chi connectivity index (χ1n) is 4.66. The Hall–Kier alpha value is -1.01. The minimum Gasteiger partial charge on any atom is -0.394 e. The Morgan fingerprint density at radius 2 is 2.23 bits per heavy atom. The lowest BCUT2D eigenvalue weighted by molar-refractivity contribution is -0.117. The van der Waals surface area contributed by atoms with Gasteiger partial charge in [0.2, 0.25) is 0 Å². The fourth-order valence-electron chi connectivity index (χ4n) is 1.88. The molecule has 0 aromatic heterocycles. The SMILES string of the molecule is C#CC(=O)NC(CO)C1CCCC1. The monoisotopic (exact) mass is 181 g/mol. The lowest BCUT2D eigenvalue weighted by Crippen LogP contribution is -2.41. The molecule has 0 aromatic carbocycles. The fourth-order valence-corrected chi connectivity index (χ4v) is 1.88. The van der Waals surface area contributed by atoms with Crippen LogP contribution >= 0.6 is 0 Å². The molecule has 72 valence electrons. The van der Waals surface area contributed by atoms with Gasteiger partial charge in [-0.2, -0.15) is 0 Å². The minimum atomic E-state index is -0.425. The largest absolute Gasteiger partial charge is 0.394 e. The molecule has 0 aromatic rings. The summed E-state index contributed by atoms with van der Waals surface area (Å²) in [7, 11) is 0. The zero-order valence-electron chi connectivity index (χ0n) is 7.62. The molecule has 1 saturated carbocycles. The van der Waals surface area contributed by atoms with Crippen LogP contribution in [-0.4, -0.2) is 23.7 Å². The van der Waals surface area contributed by atoms with Crippen molar-refractivity contribution in [3.05, 3.63) is 0 Å². The van der Waals surface area contributed by atoms with E-state index in [1.54, 1.807) is 0 Å². The molecule has 2 N–H and O–H groups in total. The molecule has 3 heteroatoms. The molecule has 0 saturated heterocycles. The lowest BCUT2D eigenvalue weighted by Gasteiger charge is -2.21. The molecule has 0 aliphatic heterocycles. The zero-order valence-corrected chi connectivity index (χ0v) is 7.62. The molecule has 1 amide bonds. The Balaban J connectivity index is 2.42. The van der Waals surface area contributed by atoms with Crippen molar-refractivity contribution in [1.82, 2.24) is 5.32 Å². The molecular weight excluding hydrogens is 166 g/mol. The third-order valence-corrected chi connectivity index (χ3v) is 2.61. The van der Waals surface area contributed by atoms with E-state index in [0.29, 0.717) is 5.92 Å². The van der Waals surface area contributed by atoms with Gasteiger partial charge < -0.3 is 10.4 Å². The number of rotatable bonds is 3. The summed E-state index contributed by atoms with van der Waals surface area (Å²) in [6.45, 7) is -0.0158. The van der Waals surface area contributed by atoms with Crippen molar-refractivity contribution in [1.29, 1.82) is 0 Å². The van der Waals surface area contributed by atoms with Gasteiger partial charge in [0.05, 0.1) is 12.6 Å². The summed E-state index contributed by atoms with van der Waals surface area (Å²) in [5.74, 6) is 1.97. The molecule has 13 heavy (non-hydrogen) atoms. The van der Waals surface area contributed by atoms with E-state index in [0.717, 1.165) is 12.8 Å². The molecule has 1 aliphatic carbocycles. The second-order valence-corrected chi connectivity index (χ2v) is 3.45. The van der Waals surface area contributed by atoms with Gasteiger partial charge in [0, 0.05) is 0 Å². The van der Waals surface area contributed by atoms with Gasteiger partial charge in [-0.3, -0.25) is 4.79 Å². The highest BCUT2D eigenvalue weighted by Crippen LogP contribution is 2.27. The maximum absolute atomic E-state index is 10.9. The van der Waals surface area contributed by atoms with E-state index in [4.69, 9.17) is 11.5 Å². The van der Waals surface area contributed by atoms with E-state index in [2.05, 4.69) is 5.32 Å². The number of hydrogen-bond acceptors (Lipinski definition) is 2. The molecule has 0 bridgehead atoms. The first kappa shape index (κ1) is 10.1. The normalized spacial score (nSPS) is 19.4. The Labute approximate surface area is 78.5 Å². The van der Waals surface area contributed by atoms with Gasteiger partial charge in [-0.05, 0) is 24.7 Å². The number of amides is 1. The van der Waals surface area contributed by atoms with Gasteiger partial charge in [-0.25, -0.2) is 0 Å².